The monoisotopic (exact) mass is 496 g/mol. The lowest BCUT2D eigenvalue weighted by Crippen LogP contribution is -1.84. The van der Waals surface area contributed by atoms with E-state index in [-0.39, 0.29) is 0 Å². The van der Waals surface area contributed by atoms with Crippen molar-refractivity contribution in [1.29, 1.82) is 0 Å². The van der Waals surface area contributed by atoms with Crippen molar-refractivity contribution in [2.75, 3.05) is 0 Å². The quantitative estimate of drug-likeness (QED) is 0.228. The fraction of sp³-hybridized carbons (Fsp3) is 0. The average molecular weight is 497 g/mol. The van der Waals surface area contributed by atoms with E-state index < -0.39 is 0 Å². The van der Waals surface area contributed by atoms with Gasteiger partial charge in [-0.15, -0.1) is 11.3 Å². The van der Waals surface area contributed by atoms with Gasteiger partial charge >= 0.3 is 0 Å². The summed E-state index contributed by atoms with van der Waals surface area (Å²) in [5, 5.41) is 5.90. The molecular formula is C34H21ClS. The van der Waals surface area contributed by atoms with E-state index >= 15 is 0 Å². The second-order valence-corrected chi connectivity index (χ2v) is 10.5. The molecule has 0 N–H and O–H groups in total. The van der Waals surface area contributed by atoms with Gasteiger partial charge in [0.15, 0.2) is 0 Å². The van der Waals surface area contributed by atoms with E-state index in [9.17, 15) is 0 Å². The van der Waals surface area contributed by atoms with Gasteiger partial charge in [0.05, 0.1) is 9.72 Å². The highest BCUT2D eigenvalue weighted by molar-refractivity contribution is 7.26. The van der Waals surface area contributed by atoms with Crippen molar-refractivity contribution in [2.45, 2.75) is 0 Å². The zero-order chi connectivity index (χ0) is 24.1. The van der Waals surface area contributed by atoms with Crippen LogP contribution in [0.2, 0.25) is 5.02 Å². The maximum atomic E-state index is 6.57. The Labute approximate surface area is 219 Å². The molecule has 0 saturated carbocycles. The van der Waals surface area contributed by atoms with Gasteiger partial charge in [-0.05, 0) is 56.3 Å². The van der Waals surface area contributed by atoms with Crippen molar-refractivity contribution >= 4 is 53.9 Å². The lowest BCUT2D eigenvalue weighted by molar-refractivity contribution is 1.59. The zero-order valence-corrected chi connectivity index (χ0v) is 21.0. The highest BCUT2D eigenvalue weighted by Crippen LogP contribution is 2.44. The SMILES string of the molecule is Clc1cccc2c1sc1cc(-c3ccc(-c4ccc(-c5ccccc5)cc4)cc3)c3ccccc3c12. The van der Waals surface area contributed by atoms with E-state index in [1.807, 2.05) is 12.1 Å². The van der Waals surface area contributed by atoms with Gasteiger partial charge in [-0.2, -0.15) is 0 Å². The molecule has 0 saturated heterocycles. The second kappa shape index (κ2) is 8.64. The smallest absolute Gasteiger partial charge is 0.0584 e. The number of fused-ring (bicyclic) bond motifs is 5. The molecule has 0 fully saturated rings. The molecule has 0 atom stereocenters. The Bertz CT molecular complexity index is 1860. The molecule has 2 heteroatoms. The Morgan fingerprint density at radius 3 is 1.64 bits per heavy atom. The van der Waals surface area contributed by atoms with Gasteiger partial charge in [0, 0.05) is 15.5 Å². The molecule has 1 heterocycles. The van der Waals surface area contributed by atoms with Gasteiger partial charge in [-0.1, -0.05) is 127 Å². The molecular weight excluding hydrogens is 476 g/mol. The van der Waals surface area contributed by atoms with Crippen LogP contribution in [0, 0.1) is 0 Å². The first-order valence-corrected chi connectivity index (χ1v) is 13.2. The Balaban J connectivity index is 1.32. The predicted molar refractivity (Wildman–Crippen MR) is 158 cm³/mol. The van der Waals surface area contributed by atoms with Crippen molar-refractivity contribution in [3.8, 4) is 33.4 Å². The minimum Gasteiger partial charge on any atom is -0.134 e. The first kappa shape index (κ1) is 21.4. The van der Waals surface area contributed by atoms with E-state index in [0.29, 0.717) is 0 Å². The zero-order valence-electron chi connectivity index (χ0n) is 19.4. The fourth-order valence-electron chi connectivity index (χ4n) is 5.19. The van der Waals surface area contributed by atoms with Crippen LogP contribution in [0.5, 0.6) is 0 Å². The third-order valence-corrected chi connectivity index (χ3v) is 8.59. The molecule has 6 aromatic carbocycles. The number of rotatable bonds is 3. The van der Waals surface area contributed by atoms with E-state index in [4.69, 9.17) is 11.6 Å². The van der Waals surface area contributed by atoms with Gasteiger partial charge in [0.2, 0.25) is 0 Å². The molecule has 0 nitrogen and oxygen atoms in total. The van der Waals surface area contributed by atoms with Crippen molar-refractivity contribution in [2.24, 2.45) is 0 Å². The van der Waals surface area contributed by atoms with Crippen LogP contribution in [0.3, 0.4) is 0 Å². The van der Waals surface area contributed by atoms with Crippen LogP contribution < -0.4 is 0 Å². The highest BCUT2D eigenvalue weighted by Gasteiger charge is 2.14. The summed E-state index contributed by atoms with van der Waals surface area (Å²) in [5.74, 6) is 0. The summed E-state index contributed by atoms with van der Waals surface area (Å²) in [6, 6.07) is 45.5. The normalized spacial score (nSPS) is 11.5. The molecule has 0 aliphatic carbocycles. The molecule has 0 aliphatic heterocycles. The Hall–Kier alpha value is -3.91. The van der Waals surface area contributed by atoms with Crippen molar-refractivity contribution in [1.82, 2.24) is 0 Å². The van der Waals surface area contributed by atoms with E-state index in [1.165, 1.54) is 59.6 Å². The largest absolute Gasteiger partial charge is 0.134 e. The second-order valence-electron chi connectivity index (χ2n) is 9.08. The third-order valence-electron chi connectivity index (χ3n) is 6.98. The topological polar surface area (TPSA) is 0 Å². The summed E-state index contributed by atoms with van der Waals surface area (Å²) in [7, 11) is 0. The van der Waals surface area contributed by atoms with Gasteiger partial charge in [-0.25, -0.2) is 0 Å². The molecule has 0 radical (unpaired) electrons. The minimum absolute atomic E-state index is 0.821. The van der Waals surface area contributed by atoms with E-state index in [1.54, 1.807) is 11.3 Å². The number of halogens is 1. The Morgan fingerprint density at radius 1 is 0.444 bits per heavy atom. The predicted octanol–water partition coefficient (Wildman–Crippen LogP) is 10.9. The molecule has 0 amide bonds. The van der Waals surface area contributed by atoms with Gasteiger partial charge in [-0.3, -0.25) is 0 Å². The number of thiophene rings is 1. The molecule has 0 aliphatic rings. The standard InChI is InChI=1S/C34H21ClS/c35-31-12-6-11-29-33-28-10-5-4-9-27(28)30(21-32(33)36-34(29)31)26-19-17-25(18-20-26)24-15-13-23(14-16-24)22-7-2-1-3-8-22/h1-21H. The fourth-order valence-corrected chi connectivity index (χ4v) is 6.65. The van der Waals surface area contributed by atoms with Crippen molar-refractivity contribution < 1.29 is 0 Å². The average Bonchev–Trinajstić information content (AvgIpc) is 3.34. The maximum absolute atomic E-state index is 6.57. The number of hydrogen-bond acceptors (Lipinski definition) is 1. The van der Waals surface area contributed by atoms with Gasteiger partial charge in [0.1, 0.15) is 0 Å². The van der Waals surface area contributed by atoms with Crippen molar-refractivity contribution in [3.05, 3.63) is 132 Å². The summed E-state index contributed by atoms with van der Waals surface area (Å²) >= 11 is 8.35. The van der Waals surface area contributed by atoms with Crippen LogP contribution in [0.15, 0.2) is 127 Å². The summed E-state index contributed by atoms with van der Waals surface area (Å²) in [6.07, 6.45) is 0. The lowest BCUT2D eigenvalue weighted by atomic mass is 9.93. The summed E-state index contributed by atoms with van der Waals surface area (Å²) < 4.78 is 2.43. The maximum Gasteiger partial charge on any atom is 0.0584 e. The third kappa shape index (κ3) is 3.52. The van der Waals surface area contributed by atoms with Crippen LogP contribution >= 0.6 is 22.9 Å². The summed E-state index contributed by atoms with van der Waals surface area (Å²) in [6.45, 7) is 0. The molecule has 170 valence electrons. The van der Waals surface area contributed by atoms with Crippen LogP contribution in [-0.4, -0.2) is 0 Å². The highest BCUT2D eigenvalue weighted by atomic mass is 35.5. The van der Waals surface area contributed by atoms with Gasteiger partial charge < -0.3 is 0 Å². The first-order valence-electron chi connectivity index (χ1n) is 12.0. The molecule has 0 bridgehead atoms. The minimum atomic E-state index is 0.821. The van der Waals surface area contributed by atoms with E-state index in [2.05, 4.69) is 115 Å². The van der Waals surface area contributed by atoms with Crippen molar-refractivity contribution in [3.63, 3.8) is 0 Å². The van der Waals surface area contributed by atoms with E-state index in [0.717, 1.165) is 9.72 Å². The Kier molecular flexibility index (Phi) is 5.13. The molecule has 0 spiro atoms. The number of benzene rings is 6. The van der Waals surface area contributed by atoms with Gasteiger partial charge in [0.25, 0.3) is 0 Å². The molecule has 36 heavy (non-hydrogen) atoms. The molecule has 7 aromatic rings. The first-order chi connectivity index (χ1) is 17.8. The molecule has 0 unspecified atom stereocenters. The van der Waals surface area contributed by atoms with Crippen LogP contribution in [0.25, 0.3) is 64.3 Å². The van der Waals surface area contributed by atoms with Crippen LogP contribution in [0.1, 0.15) is 0 Å². The lowest BCUT2D eigenvalue weighted by Gasteiger charge is -2.11. The molecule has 7 rings (SSSR count). The summed E-state index contributed by atoms with van der Waals surface area (Å²) in [5.41, 5.74) is 7.40. The number of hydrogen-bond donors (Lipinski definition) is 0. The van der Waals surface area contributed by atoms with Crippen LogP contribution in [0.4, 0.5) is 0 Å². The molecule has 1 aromatic heterocycles. The Morgan fingerprint density at radius 2 is 0.972 bits per heavy atom. The summed E-state index contributed by atoms with van der Waals surface area (Å²) in [4.78, 5) is 0. The van der Waals surface area contributed by atoms with Crippen LogP contribution in [-0.2, 0) is 0 Å².